The SMILES string of the molecule is O=C1c2cc(-c3ccc(-n4c5ccccc5c5ccccc54)cc3)ccc2S(=O)c2ccc(-c3ccc4c(c3)C(=O)c3cc(-c5ccc(-n6c7ccccc7c7ccccc76)cc5)ccc3S4=O)cc21. The van der Waals surface area contributed by atoms with Crippen LogP contribution in [0.4, 0.5) is 0 Å². The Morgan fingerprint density at radius 2 is 0.514 bits per heavy atom. The zero-order valence-electron chi connectivity index (χ0n) is 37.1. The molecule has 12 aromatic rings. The molecule has 2 aliphatic heterocycles. The Bertz CT molecular complexity index is 3930. The molecule has 8 heteroatoms. The first-order chi connectivity index (χ1) is 34.4. The second-order valence-corrected chi connectivity index (χ2v) is 20.7. The minimum Gasteiger partial charge on any atom is -0.309 e. The van der Waals surface area contributed by atoms with Gasteiger partial charge < -0.3 is 9.13 Å². The van der Waals surface area contributed by atoms with Crippen LogP contribution >= 0.6 is 0 Å². The summed E-state index contributed by atoms with van der Waals surface area (Å²) in [4.78, 5) is 30.7. The van der Waals surface area contributed by atoms with Gasteiger partial charge in [-0.2, -0.15) is 0 Å². The predicted molar refractivity (Wildman–Crippen MR) is 281 cm³/mol. The van der Waals surface area contributed by atoms with Crippen LogP contribution in [0.2, 0.25) is 0 Å². The summed E-state index contributed by atoms with van der Waals surface area (Å²) in [6.45, 7) is 0. The average Bonchev–Trinajstić information content (AvgIpc) is 3.94. The highest BCUT2D eigenvalue weighted by Gasteiger charge is 2.32. The maximum absolute atomic E-state index is 14.4. The second-order valence-electron chi connectivity index (χ2n) is 17.9. The number of hydrogen-bond acceptors (Lipinski definition) is 4. The molecule has 330 valence electrons. The van der Waals surface area contributed by atoms with E-state index in [-0.39, 0.29) is 11.6 Å². The van der Waals surface area contributed by atoms with E-state index in [0.717, 1.165) is 55.7 Å². The van der Waals surface area contributed by atoms with Crippen molar-refractivity contribution in [3.8, 4) is 44.8 Å². The molecule has 10 aromatic carbocycles. The van der Waals surface area contributed by atoms with E-state index in [1.54, 1.807) is 36.4 Å². The molecule has 2 aliphatic rings. The van der Waals surface area contributed by atoms with E-state index in [1.165, 1.54) is 21.5 Å². The summed E-state index contributed by atoms with van der Waals surface area (Å²) in [6.07, 6.45) is 0. The molecule has 0 fully saturated rings. The monoisotopic (exact) mass is 936 g/mol. The fourth-order valence-corrected chi connectivity index (χ4v) is 13.4. The van der Waals surface area contributed by atoms with Crippen LogP contribution in [0.25, 0.3) is 88.4 Å². The Morgan fingerprint density at radius 3 is 0.800 bits per heavy atom. The smallest absolute Gasteiger partial charge is 0.195 e. The summed E-state index contributed by atoms with van der Waals surface area (Å²) in [7, 11) is -3.17. The molecule has 0 spiro atoms. The molecule has 2 atom stereocenters. The lowest BCUT2D eigenvalue weighted by Gasteiger charge is -2.21. The zero-order chi connectivity index (χ0) is 46.8. The number of carbonyl (C=O) groups is 2. The lowest BCUT2D eigenvalue weighted by molar-refractivity contribution is 0.102. The normalized spacial score (nSPS) is 15.0. The van der Waals surface area contributed by atoms with Gasteiger partial charge in [-0.3, -0.25) is 9.59 Å². The Labute approximate surface area is 406 Å². The van der Waals surface area contributed by atoms with Crippen LogP contribution in [0, 0.1) is 0 Å². The molecule has 0 saturated carbocycles. The van der Waals surface area contributed by atoms with Crippen LogP contribution in [-0.4, -0.2) is 29.1 Å². The highest BCUT2D eigenvalue weighted by Crippen LogP contribution is 2.41. The number of fused-ring (bicyclic) bond motifs is 10. The van der Waals surface area contributed by atoms with Crippen molar-refractivity contribution < 1.29 is 18.0 Å². The summed E-state index contributed by atoms with van der Waals surface area (Å²) in [5.41, 5.74) is 13.0. The molecular formula is C62H36N2O4S2. The largest absolute Gasteiger partial charge is 0.309 e. The number of aromatic nitrogens is 2. The van der Waals surface area contributed by atoms with Gasteiger partial charge in [-0.25, -0.2) is 8.42 Å². The highest BCUT2D eigenvalue weighted by atomic mass is 32.2. The molecule has 0 aliphatic carbocycles. The molecule has 6 nitrogen and oxygen atoms in total. The van der Waals surface area contributed by atoms with Gasteiger partial charge in [-0.1, -0.05) is 121 Å². The molecule has 0 saturated heterocycles. The van der Waals surface area contributed by atoms with Crippen molar-refractivity contribution in [3.63, 3.8) is 0 Å². The molecule has 2 unspecified atom stereocenters. The molecule has 0 N–H and O–H groups in total. The summed E-state index contributed by atoms with van der Waals surface area (Å²) in [5.74, 6) is -0.426. The summed E-state index contributed by atoms with van der Waals surface area (Å²) < 4.78 is 32.7. The number of rotatable bonds is 5. The Balaban J connectivity index is 0.758. The van der Waals surface area contributed by atoms with Gasteiger partial charge in [0, 0.05) is 55.2 Å². The van der Waals surface area contributed by atoms with E-state index < -0.39 is 21.6 Å². The van der Waals surface area contributed by atoms with E-state index in [1.807, 2.05) is 36.4 Å². The molecule has 0 bridgehead atoms. The number of carbonyl (C=O) groups excluding carboxylic acids is 2. The molecule has 0 radical (unpaired) electrons. The van der Waals surface area contributed by atoms with Gasteiger partial charge in [-0.05, 0) is 130 Å². The van der Waals surface area contributed by atoms with Crippen molar-refractivity contribution in [3.05, 3.63) is 241 Å². The third-order valence-corrected chi connectivity index (χ3v) is 17.1. The Hall–Kier alpha value is -8.56. The minimum atomic E-state index is -1.59. The minimum absolute atomic E-state index is 0.213. The standard InChI is InChI=1S/C62H36N2O4S2/c65-61-49-33-39(37-17-25-43(26-18-37)63-53-13-5-1-9-45(53)46-10-2-6-14-54(46)63)21-29-57(49)69(67)59-31-23-41(35-51(59)61)42-24-32-60-52(36-42)62(66)50-34-40(22-30-58(50)70(60)68)38-19-27-44(28-20-38)64-55-15-7-3-11-47(55)48-12-4-8-16-56(48)64/h1-36H. The van der Waals surface area contributed by atoms with Crippen molar-refractivity contribution in [2.24, 2.45) is 0 Å². The molecular weight excluding hydrogens is 901 g/mol. The van der Waals surface area contributed by atoms with Crippen LogP contribution in [-0.2, 0) is 21.6 Å². The maximum Gasteiger partial charge on any atom is 0.195 e. The number of hydrogen-bond donors (Lipinski definition) is 0. The van der Waals surface area contributed by atoms with Crippen molar-refractivity contribution >= 4 is 76.8 Å². The van der Waals surface area contributed by atoms with E-state index in [9.17, 15) is 18.0 Å². The van der Waals surface area contributed by atoms with Gasteiger partial charge >= 0.3 is 0 Å². The van der Waals surface area contributed by atoms with Gasteiger partial charge in [0.25, 0.3) is 0 Å². The summed E-state index contributed by atoms with van der Waals surface area (Å²) in [5, 5.41) is 4.77. The second kappa shape index (κ2) is 15.5. The van der Waals surface area contributed by atoms with Gasteiger partial charge in [0.05, 0.1) is 63.2 Å². The highest BCUT2D eigenvalue weighted by molar-refractivity contribution is 7.85. The van der Waals surface area contributed by atoms with Gasteiger partial charge in [0.15, 0.2) is 11.6 Å². The molecule has 2 aromatic heterocycles. The first-order valence-electron chi connectivity index (χ1n) is 23.1. The summed E-state index contributed by atoms with van der Waals surface area (Å²) in [6, 6.07) is 72.1. The predicted octanol–water partition coefficient (Wildman–Crippen LogP) is 14.3. The van der Waals surface area contributed by atoms with Crippen molar-refractivity contribution in [1.82, 2.24) is 9.13 Å². The first-order valence-corrected chi connectivity index (χ1v) is 25.4. The molecule has 0 amide bonds. The average molecular weight is 937 g/mol. The van der Waals surface area contributed by atoms with E-state index >= 15 is 0 Å². The number of para-hydroxylation sites is 4. The number of ketones is 2. The Kier molecular flexibility index (Phi) is 8.96. The molecule has 70 heavy (non-hydrogen) atoms. The zero-order valence-corrected chi connectivity index (χ0v) is 38.8. The topological polar surface area (TPSA) is 78.1 Å². The number of nitrogens with zero attached hydrogens (tertiary/aromatic N) is 2. The third-order valence-electron chi connectivity index (χ3n) is 14.1. The van der Waals surface area contributed by atoms with Gasteiger partial charge in [0.2, 0.25) is 0 Å². The van der Waals surface area contributed by atoms with Gasteiger partial charge in [0.1, 0.15) is 0 Å². The van der Waals surface area contributed by atoms with Crippen LogP contribution in [0.1, 0.15) is 31.8 Å². The van der Waals surface area contributed by atoms with Crippen LogP contribution in [0.5, 0.6) is 0 Å². The quantitative estimate of drug-likeness (QED) is 0.172. The summed E-state index contributed by atoms with van der Waals surface area (Å²) >= 11 is 0. The van der Waals surface area contributed by atoms with Crippen molar-refractivity contribution in [2.45, 2.75) is 19.6 Å². The lowest BCUT2D eigenvalue weighted by atomic mass is 9.93. The third kappa shape index (κ3) is 6.03. The molecule has 4 heterocycles. The fraction of sp³-hybridized carbons (Fsp3) is 0. The van der Waals surface area contributed by atoms with E-state index in [2.05, 4.69) is 155 Å². The van der Waals surface area contributed by atoms with Crippen LogP contribution < -0.4 is 0 Å². The first kappa shape index (κ1) is 40.5. The lowest BCUT2D eigenvalue weighted by Crippen LogP contribution is -2.17. The Morgan fingerprint density at radius 1 is 0.271 bits per heavy atom. The van der Waals surface area contributed by atoms with E-state index in [4.69, 9.17) is 0 Å². The van der Waals surface area contributed by atoms with E-state index in [0.29, 0.717) is 53.0 Å². The maximum atomic E-state index is 14.4. The van der Waals surface area contributed by atoms with Crippen LogP contribution in [0.3, 0.4) is 0 Å². The van der Waals surface area contributed by atoms with Crippen molar-refractivity contribution in [2.75, 3.05) is 0 Å². The molecule has 14 rings (SSSR count). The fourth-order valence-electron chi connectivity index (χ4n) is 10.7. The van der Waals surface area contributed by atoms with Crippen molar-refractivity contribution in [1.29, 1.82) is 0 Å². The van der Waals surface area contributed by atoms with Crippen LogP contribution in [0.15, 0.2) is 238 Å². The van der Waals surface area contributed by atoms with Gasteiger partial charge in [-0.15, -0.1) is 0 Å². The number of benzene rings is 10.